The summed E-state index contributed by atoms with van der Waals surface area (Å²) in [5, 5.41) is 14.0. The van der Waals surface area contributed by atoms with Crippen molar-refractivity contribution in [2.45, 2.75) is 38.6 Å². The third-order valence-electron chi connectivity index (χ3n) is 5.41. The molecule has 1 unspecified atom stereocenters. The van der Waals surface area contributed by atoms with Crippen LogP contribution in [0.2, 0.25) is 0 Å². The smallest absolute Gasteiger partial charge is 0.151 e. The molecule has 0 spiro atoms. The van der Waals surface area contributed by atoms with Crippen molar-refractivity contribution >= 4 is 11.4 Å². The minimum absolute atomic E-state index is 0.210. The fourth-order valence-corrected chi connectivity index (χ4v) is 3.80. The van der Waals surface area contributed by atoms with Gasteiger partial charge in [-0.05, 0) is 62.4 Å². The van der Waals surface area contributed by atoms with E-state index in [2.05, 4.69) is 36.1 Å². The Morgan fingerprint density at radius 1 is 1.19 bits per heavy atom. The molecule has 0 bridgehead atoms. The predicted molar refractivity (Wildman–Crippen MR) is 109 cm³/mol. The lowest BCUT2D eigenvalue weighted by Gasteiger charge is -2.30. The summed E-state index contributed by atoms with van der Waals surface area (Å²) in [6.45, 7) is 4.02. The van der Waals surface area contributed by atoms with Gasteiger partial charge in [-0.3, -0.25) is 0 Å². The number of hydrogen-bond acceptors (Lipinski definition) is 4. The summed E-state index contributed by atoms with van der Waals surface area (Å²) in [4.78, 5) is 2.29. The zero-order valence-electron chi connectivity index (χ0n) is 15.7. The van der Waals surface area contributed by atoms with E-state index in [-0.39, 0.29) is 6.04 Å². The van der Waals surface area contributed by atoms with E-state index in [0.717, 1.165) is 56.0 Å². The summed E-state index contributed by atoms with van der Waals surface area (Å²) < 4.78 is 2.01. The van der Waals surface area contributed by atoms with Crippen molar-refractivity contribution < 1.29 is 0 Å². The van der Waals surface area contributed by atoms with Crippen LogP contribution in [0.4, 0.5) is 5.82 Å². The molecule has 1 fully saturated rings. The summed E-state index contributed by atoms with van der Waals surface area (Å²) in [5.74, 6) is 0.983. The van der Waals surface area contributed by atoms with Gasteiger partial charge in [0.15, 0.2) is 5.82 Å². The maximum Gasteiger partial charge on any atom is 0.151 e. The Hall–Kier alpha value is -2.84. The number of hydrogen-bond donors (Lipinski definition) is 1. The number of rotatable bonds is 3. The molecular formula is C22H25N5. The predicted octanol–water partition coefficient (Wildman–Crippen LogP) is 3.79. The maximum absolute atomic E-state index is 9.07. The van der Waals surface area contributed by atoms with Crippen molar-refractivity contribution in [3.63, 3.8) is 0 Å². The third-order valence-corrected chi connectivity index (χ3v) is 5.41. The largest absolute Gasteiger partial charge is 0.354 e. The Morgan fingerprint density at radius 2 is 2.00 bits per heavy atom. The molecule has 2 aromatic rings. The minimum atomic E-state index is 0.210. The lowest BCUT2D eigenvalue weighted by Crippen LogP contribution is -2.43. The van der Waals surface area contributed by atoms with Gasteiger partial charge >= 0.3 is 0 Å². The number of benzene rings is 1. The first kappa shape index (κ1) is 17.6. The van der Waals surface area contributed by atoms with E-state index in [4.69, 9.17) is 16.1 Å². The van der Waals surface area contributed by atoms with Crippen molar-refractivity contribution in [2.75, 3.05) is 18.0 Å². The lowest BCUT2D eigenvalue weighted by atomic mass is 9.97. The van der Waals surface area contributed by atoms with Crippen LogP contribution in [0.1, 0.15) is 43.9 Å². The van der Waals surface area contributed by atoms with Gasteiger partial charge < -0.3 is 10.6 Å². The van der Waals surface area contributed by atoms with Crippen LogP contribution in [0.5, 0.6) is 0 Å². The van der Waals surface area contributed by atoms with Gasteiger partial charge in [0.05, 0.1) is 23.0 Å². The molecule has 5 nitrogen and oxygen atoms in total. The minimum Gasteiger partial charge on any atom is -0.354 e. The molecule has 1 aliphatic heterocycles. The van der Waals surface area contributed by atoms with E-state index in [9.17, 15) is 0 Å². The molecule has 4 rings (SSSR count). The van der Waals surface area contributed by atoms with E-state index in [0.29, 0.717) is 5.56 Å². The van der Waals surface area contributed by atoms with Crippen molar-refractivity contribution in [1.82, 2.24) is 9.78 Å². The summed E-state index contributed by atoms with van der Waals surface area (Å²) in [6.07, 6.45) is 8.69. The summed E-state index contributed by atoms with van der Waals surface area (Å²) in [6, 6.07) is 12.2. The van der Waals surface area contributed by atoms with E-state index >= 15 is 0 Å². The topological polar surface area (TPSA) is 70.9 Å². The van der Waals surface area contributed by atoms with Gasteiger partial charge in [0, 0.05) is 25.2 Å². The van der Waals surface area contributed by atoms with Crippen molar-refractivity contribution in [1.29, 1.82) is 5.26 Å². The molecule has 1 atom stereocenters. The lowest BCUT2D eigenvalue weighted by molar-refractivity contribution is 0.502. The SMILES string of the molecule is CC1=CC=C(c2cc(N3CCCC(N)C3)nn2-c2ccc(C#N)cc2)CC1. The number of nitriles is 1. The fourth-order valence-electron chi connectivity index (χ4n) is 3.80. The van der Waals surface area contributed by atoms with Crippen LogP contribution in [-0.4, -0.2) is 28.9 Å². The zero-order valence-corrected chi connectivity index (χ0v) is 15.7. The van der Waals surface area contributed by atoms with Crippen LogP contribution in [0.15, 0.2) is 48.1 Å². The first-order valence-corrected chi connectivity index (χ1v) is 9.62. The molecule has 0 radical (unpaired) electrons. The summed E-state index contributed by atoms with van der Waals surface area (Å²) >= 11 is 0. The molecule has 2 aliphatic rings. The highest BCUT2D eigenvalue weighted by molar-refractivity contribution is 5.70. The Labute approximate surface area is 160 Å². The molecular weight excluding hydrogens is 334 g/mol. The number of anilines is 1. The molecule has 1 aliphatic carbocycles. The Bertz CT molecular complexity index is 927. The van der Waals surface area contributed by atoms with E-state index < -0.39 is 0 Å². The van der Waals surface area contributed by atoms with Gasteiger partial charge in [0.2, 0.25) is 0 Å². The molecule has 0 amide bonds. The monoisotopic (exact) mass is 359 g/mol. The van der Waals surface area contributed by atoms with Gasteiger partial charge in [-0.1, -0.05) is 17.7 Å². The van der Waals surface area contributed by atoms with Gasteiger partial charge in [0.25, 0.3) is 0 Å². The molecule has 1 saturated heterocycles. The van der Waals surface area contributed by atoms with Crippen LogP contribution >= 0.6 is 0 Å². The van der Waals surface area contributed by atoms with Crippen molar-refractivity contribution in [3.8, 4) is 11.8 Å². The van der Waals surface area contributed by atoms with Crippen molar-refractivity contribution in [2.24, 2.45) is 5.73 Å². The van der Waals surface area contributed by atoms with E-state index in [1.165, 1.54) is 11.1 Å². The normalized spacial score (nSPS) is 20.0. The quantitative estimate of drug-likeness (QED) is 0.905. The van der Waals surface area contributed by atoms with Gasteiger partial charge in [-0.2, -0.15) is 5.26 Å². The maximum atomic E-state index is 9.07. The molecule has 5 heteroatoms. The highest BCUT2D eigenvalue weighted by Gasteiger charge is 2.22. The Balaban J connectivity index is 1.76. The second-order valence-corrected chi connectivity index (χ2v) is 7.51. The second kappa shape index (κ2) is 7.42. The number of nitrogens with zero attached hydrogens (tertiary/aromatic N) is 4. The molecule has 2 N–H and O–H groups in total. The van der Waals surface area contributed by atoms with Crippen LogP contribution in [0.3, 0.4) is 0 Å². The molecule has 1 aromatic heterocycles. The molecule has 0 saturated carbocycles. The van der Waals surface area contributed by atoms with Gasteiger partial charge in [-0.25, -0.2) is 4.68 Å². The van der Waals surface area contributed by atoms with Gasteiger partial charge in [0.1, 0.15) is 0 Å². The molecule has 27 heavy (non-hydrogen) atoms. The standard InChI is InChI=1S/C22H25N5/c1-16-4-8-18(9-5-16)21-13-22(26-12-2-3-19(24)15-26)25-27(21)20-10-6-17(14-23)7-11-20/h4,6-8,10-11,13,19H,2-3,5,9,12,15,24H2,1H3. The number of nitrogens with two attached hydrogens (primary N) is 1. The highest BCUT2D eigenvalue weighted by atomic mass is 15.4. The van der Waals surface area contributed by atoms with Crippen LogP contribution in [-0.2, 0) is 0 Å². The van der Waals surface area contributed by atoms with Crippen LogP contribution in [0, 0.1) is 11.3 Å². The first-order chi connectivity index (χ1) is 13.1. The first-order valence-electron chi connectivity index (χ1n) is 9.62. The average Bonchev–Trinajstić information content (AvgIpc) is 3.14. The molecule has 2 heterocycles. The van der Waals surface area contributed by atoms with Crippen LogP contribution < -0.4 is 10.6 Å². The zero-order chi connectivity index (χ0) is 18.8. The Kier molecular flexibility index (Phi) is 4.83. The number of piperidine rings is 1. The van der Waals surface area contributed by atoms with E-state index in [1.54, 1.807) is 0 Å². The fraction of sp³-hybridized carbons (Fsp3) is 0.364. The summed E-state index contributed by atoms with van der Waals surface area (Å²) in [5.41, 5.74) is 11.6. The third kappa shape index (κ3) is 3.67. The second-order valence-electron chi connectivity index (χ2n) is 7.51. The number of allylic oxidation sites excluding steroid dienone is 4. The van der Waals surface area contributed by atoms with Crippen LogP contribution in [0.25, 0.3) is 11.3 Å². The number of aromatic nitrogens is 2. The summed E-state index contributed by atoms with van der Waals surface area (Å²) in [7, 11) is 0. The molecule has 1 aromatic carbocycles. The van der Waals surface area contributed by atoms with Gasteiger partial charge in [-0.15, -0.1) is 5.10 Å². The molecule has 138 valence electrons. The average molecular weight is 359 g/mol. The Morgan fingerprint density at radius 3 is 2.67 bits per heavy atom. The highest BCUT2D eigenvalue weighted by Crippen LogP contribution is 2.31. The van der Waals surface area contributed by atoms with Crippen molar-refractivity contribution in [3.05, 3.63) is 59.3 Å². The van der Waals surface area contributed by atoms with E-state index in [1.807, 2.05) is 28.9 Å².